The van der Waals surface area contributed by atoms with Crippen molar-refractivity contribution in [2.24, 2.45) is 0 Å². The zero-order valence-electron chi connectivity index (χ0n) is 11.3. The van der Waals surface area contributed by atoms with Crippen LogP contribution in [0.1, 0.15) is 32.4 Å². The molecule has 1 atom stereocenters. The number of nitrogens with zero attached hydrogens (tertiary/aromatic N) is 2. The topological polar surface area (TPSA) is 76.1 Å². The first-order valence-corrected chi connectivity index (χ1v) is 6.49. The van der Waals surface area contributed by atoms with Gasteiger partial charge in [0, 0.05) is 18.9 Å². The van der Waals surface area contributed by atoms with Crippen molar-refractivity contribution in [2.75, 3.05) is 6.54 Å². The molecule has 0 radical (unpaired) electrons. The summed E-state index contributed by atoms with van der Waals surface area (Å²) in [6.07, 6.45) is 6.95. The van der Waals surface area contributed by atoms with Crippen LogP contribution in [0.5, 0.6) is 0 Å². The summed E-state index contributed by atoms with van der Waals surface area (Å²) in [6.45, 7) is 5.05. The van der Waals surface area contributed by atoms with Gasteiger partial charge < -0.3 is 15.4 Å². The average Bonchev–Trinajstić information content (AvgIpc) is 2.75. The Morgan fingerprint density at radius 2 is 2.32 bits per heavy atom. The predicted molar refractivity (Wildman–Crippen MR) is 70.5 cm³/mol. The fourth-order valence-corrected chi connectivity index (χ4v) is 2.08. The molecule has 1 aromatic heterocycles. The second-order valence-electron chi connectivity index (χ2n) is 5.30. The van der Waals surface area contributed by atoms with E-state index in [0.717, 1.165) is 18.5 Å². The van der Waals surface area contributed by atoms with Gasteiger partial charge in [0.25, 0.3) is 0 Å². The normalized spacial score (nSPS) is 21.1. The second-order valence-corrected chi connectivity index (χ2v) is 5.30. The van der Waals surface area contributed by atoms with Crippen molar-refractivity contribution in [1.82, 2.24) is 20.6 Å². The molecule has 1 fully saturated rings. The van der Waals surface area contributed by atoms with E-state index in [-0.39, 0.29) is 17.7 Å². The van der Waals surface area contributed by atoms with E-state index in [1.165, 1.54) is 0 Å². The summed E-state index contributed by atoms with van der Waals surface area (Å²) in [5.74, 6) is 0. The van der Waals surface area contributed by atoms with Crippen molar-refractivity contribution in [3.8, 4) is 0 Å². The second kappa shape index (κ2) is 5.97. The Morgan fingerprint density at radius 3 is 2.95 bits per heavy atom. The first-order chi connectivity index (χ1) is 9.05. The summed E-state index contributed by atoms with van der Waals surface area (Å²) >= 11 is 0. The number of carbonyl (C=O) groups excluding carboxylic acids is 1. The molecular weight excluding hydrogens is 244 g/mol. The minimum atomic E-state index is -0.209. The molecule has 1 aromatic rings. The highest BCUT2D eigenvalue weighted by Crippen LogP contribution is 2.28. The molecule has 0 unspecified atom stereocenters. The number of urea groups is 1. The molecule has 2 amide bonds. The van der Waals surface area contributed by atoms with Crippen LogP contribution < -0.4 is 10.6 Å². The summed E-state index contributed by atoms with van der Waals surface area (Å²) in [7, 11) is 0. The Balaban J connectivity index is 1.65. The maximum absolute atomic E-state index is 11.6. The average molecular weight is 264 g/mol. The molecule has 0 spiro atoms. The van der Waals surface area contributed by atoms with E-state index >= 15 is 0 Å². The Kier molecular flexibility index (Phi) is 4.31. The largest absolute Gasteiger partial charge is 0.371 e. The van der Waals surface area contributed by atoms with Crippen LogP contribution >= 0.6 is 0 Å². The minimum Gasteiger partial charge on any atom is -0.371 e. The quantitative estimate of drug-likeness (QED) is 0.857. The number of nitrogens with one attached hydrogen (secondary N) is 2. The molecule has 0 saturated carbocycles. The van der Waals surface area contributed by atoms with E-state index in [1.807, 2.05) is 0 Å². The fourth-order valence-electron chi connectivity index (χ4n) is 2.08. The van der Waals surface area contributed by atoms with Crippen molar-refractivity contribution < 1.29 is 9.53 Å². The Bertz CT molecular complexity index is 422. The highest BCUT2D eigenvalue weighted by Gasteiger charge is 2.31. The van der Waals surface area contributed by atoms with Gasteiger partial charge >= 0.3 is 6.03 Å². The number of aromatic nitrogens is 2. The number of ether oxygens (including phenoxy) is 1. The maximum atomic E-state index is 11.6. The molecule has 2 rings (SSSR count). The van der Waals surface area contributed by atoms with Crippen molar-refractivity contribution >= 4 is 6.03 Å². The van der Waals surface area contributed by atoms with Crippen molar-refractivity contribution in [3.05, 3.63) is 24.3 Å². The first kappa shape index (κ1) is 13.7. The van der Waals surface area contributed by atoms with Crippen LogP contribution in [0, 0.1) is 0 Å². The molecule has 104 valence electrons. The van der Waals surface area contributed by atoms with Gasteiger partial charge in [0.2, 0.25) is 0 Å². The van der Waals surface area contributed by atoms with Gasteiger partial charge in [-0.3, -0.25) is 9.97 Å². The number of hydrogen-bond donors (Lipinski definition) is 2. The summed E-state index contributed by atoms with van der Waals surface area (Å²) in [5, 5.41) is 5.54. The van der Waals surface area contributed by atoms with Crippen LogP contribution in [0.25, 0.3) is 0 Å². The molecule has 1 saturated heterocycles. The smallest absolute Gasteiger partial charge is 0.315 e. The molecule has 19 heavy (non-hydrogen) atoms. The van der Waals surface area contributed by atoms with Crippen LogP contribution in [0.15, 0.2) is 18.6 Å². The molecule has 2 heterocycles. The zero-order valence-corrected chi connectivity index (χ0v) is 11.3. The molecular formula is C13H20N4O2. The monoisotopic (exact) mass is 264 g/mol. The van der Waals surface area contributed by atoms with Crippen LogP contribution in [-0.2, 0) is 11.3 Å². The molecule has 1 aliphatic heterocycles. The Labute approximate surface area is 113 Å². The third-order valence-electron chi connectivity index (χ3n) is 3.09. The third kappa shape index (κ3) is 4.48. The standard InChI is InChI=1S/C13H20N4O2/c1-13(2)4-3-11(19-13)9-17-12(18)16-8-10-7-14-5-6-15-10/h5-7,11H,3-4,8-9H2,1-2H3,(H2,16,17,18)/t11-/m1/s1. The number of rotatable bonds is 4. The van der Waals surface area contributed by atoms with Gasteiger partial charge in [-0.15, -0.1) is 0 Å². The molecule has 6 nitrogen and oxygen atoms in total. The van der Waals surface area contributed by atoms with Gasteiger partial charge in [0.1, 0.15) is 0 Å². The van der Waals surface area contributed by atoms with Gasteiger partial charge in [0.05, 0.1) is 30.1 Å². The van der Waals surface area contributed by atoms with Gasteiger partial charge in [-0.2, -0.15) is 0 Å². The lowest BCUT2D eigenvalue weighted by Gasteiger charge is -2.19. The predicted octanol–water partition coefficient (Wildman–Crippen LogP) is 1.23. The maximum Gasteiger partial charge on any atom is 0.315 e. The zero-order chi connectivity index (χ0) is 13.7. The van der Waals surface area contributed by atoms with E-state index in [4.69, 9.17) is 4.74 Å². The highest BCUT2D eigenvalue weighted by molar-refractivity contribution is 5.73. The molecule has 0 aliphatic carbocycles. The fraction of sp³-hybridized carbons (Fsp3) is 0.615. The van der Waals surface area contributed by atoms with Crippen molar-refractivity contribution in [2.45, 2.75) is 44.9 Å². The summed E-state index contributed by atoms with van der Waals surface area (Å²) in [5.41, 5.74) is 0.665. The van der Waals surface area contributed by atoms with E-state index in [2.05, 4.69) is 34.4 Å². The first-order valence-electron chi connectivity index (χ1n) is 6.49. The van der Waals surface area contributed by atoms with E-state index < -0.39 is 0 Å². The Hall–Kier alpha value is -1.69. The SMILES string of the molecule is CC1(C)CC[C@H](CNC(=O)NCc2cnccn2)O1. The summed E-state index contributed by atoms with van der Waals surface area (Å²) < 4.78 is 5.80. The number of amides is 2. The third-order valence-corrected chi connectivity index (χ3v) is 3.09. The Morgan fingerprint density at radius 1 is 1.47 bits per heavy atom. The summed E-state index contributed by atoms with van der Waals surface area (Å²) in [6, 6.07) is -0.209. The minimum absolute atomic E-state index is 0.0670. The van der Waals surface area contributed by atoms with Gasteiger partial charge in [-0.05, 0) is 26.7 Å². The van der Waals surface area contributed by atoms with E-state index in [1.54, 1.807) is 18.6 Å². The van der Waals surface area contributed by atoms with Gasteiger partial charge in [0.15, 0.2) is 0 Å². The van der Waals surface area contributed by atoms with Gasteiger partial charge in [-0.25, -0.2) is 4.79 Å². The van der Waals surface area contributed by atoms with Crippen LogP contribution in [-0.4, -0.2) is 34.2 Å². The lowest BCUT2D eigenvalue weighted by Crippen LogP contribution is -2.40. The molecule has 0 aromatic carbocycles. The van der Waals surface area contributed by atoms with Crippen molar-refractivity contribution in [1.29, 1.82) is 0 Å². The number of hydrogen-bond acceptors (Lipinski definition) is 4. The van der Waals surface area contributed by atoms with E-state index in [0.29, 0.717) is 13.1 Å². The molecule has 0 bridgehead atoms. The van der Waals surface area contributed by atoms with Crippen LogP contribution in [0.2, 0.25) is 0 Å². The van der Waals surface area contributed by atoms with Crippen LogP contribution in [0.4, 0.5) is 4.79 Å². The molecule has 1 aliphatic rings. The number of carbonyl (C=O) groups is 1. The van der Waals surface area contributed by atoms with Crippen LogP contribution in [0.3, 0.4) is 0 Å². The highest BCUT2D eigenvalue weighted by atomic mass is 16.5. The lowest BCUT2D eigenvalue weighted by atomic mass is 10.1. The summed E-state index contributed by atoms with van der Waals surface area (Å²) in [4.78, 5) is 19.6. The van der Waals surface area contributed by atoms with Crippen molar-refractivity contribution in [3.63, 3.8) is 0 Å². The van der Waals surface area contributed by atoms with E-state index in [9.17, 15) is 4.79 Å². The lowest BCUT2D eigenvalue weighted by molar-refractivity contribution is -0.0131. The van der Waals surface area contributed by atoms with Gasteiger partial charge in [-0.1, -0.05) is 0 Å². The molecule has 6 heteroatoms. The molecule has 2 N–H and O–H groups in total.